The van der Waals surface area contributed by atoms with Crippen molar-refractivity contribution in [2.24, 2.45) is 5.92 Å². The first kappa shape index (κ1) is 34.1. The second-order valence-corrected chi connectivity index (χ2v) is 12.8. The highest BCUT2D eigenvalue weighted by Gasteiger charge is 2.47. The zero-order valence-corrected chi connectivity index (χ0v) is 25.4. The van der Waals surface area contributed by atoms with Crippen molar-refractivity contribution in [2.75, 3.05) is 19.8 Å². The van der Waals surface area contributed by atoms with Crippen LogP contribution in [0.15, 0.2) is 0 Å². The lowest BCUT2D eigenvalue weighted by molar-refractivity contribution is 0.0432. The van der Waals surface area contributed by atoms with E-state index in [0.717, 1.165) is 0 Å². The molecule has 0 saturated carbocycles. The maximum absolute atomic E-state index is 6.08. The highest BCUT2D eigenvalue weighted by molar-refractivity contribution is 6.58. The molecule has 4 nitrogen and oxygen atoms in total. The standard InChI is InChI=1S/C29H63NO3Si/c1-8-13-14-15-16-17-18-19-20-21-22-23-24-25-27-28(26-9-2)29(6,7)30-34(31-10-3,32-11-4)33-12-5/h28,30H,8-27H2,1-7H3. The quantitative estimate of drug-likeness (QED) is 0.0947. The van der Waals surface area contributed by atoms with Crippen LogP contribution in [-0.2, 0) is 13.3 Å². The highest BCUT2D eigenvalue weighted by Crippen LogP contribution is 2.30. The average Bonchev–Trinajstić information content (AvgIpc) is 2.78. The molecule has 0 heterocycles. The summed E-state index contributed by atoms with van der Waals surface area (Å²) in [7, 11) is -2.86. The molecule has 0 aliphatic heterocycles. The fraction of sp³-hybridized carbons (Fsp3) is 1.00. The third kappa shape index (κ3) is 16.7. The molecule has 34 heavy (non-hydrogen) atoms. The summed E-state index contributed by atoms with van der Waals surface area (Å²) in [4.78, 5) is 3.77. The highest BCUT2D eigenvalue weighted by atomic mass is 28.4. The van der Waals surface area contributed by atoms with Gasteiger partial charge in [0.05, 0.1) is 0 Å². The summed E-state index contributed by atoms with van der Waals surface area (Å²) in [5.41, 5.74) is -0.0711. The van der Waals surface area contributed by atoms with Crippen molar-refractivity contribution in [3.05, 3.63) is 0 Å². The van der Waals surface area contributed by atoms with Crippen molar-refractivity contribution < 1.29 is 13.3 Å². The summed E-state index contributed by atoms with van der Waals surface area (Å²) >= 11 is 0. The van der Waals surface area contributed by atoms with Crippen LogP contribution in [0.4, 0.5) is 0 Å². The van der Waals surface area contributed by atoms with Gasteiger partial charge in [-0.1, -0.05) is 110 Å². The normalized spacial score (nSPS) is 13.5. The Morgan fingerprint density at radius 1 is 0.529 bits per heavy atom. The second-order valence-electron chi connectivity index (χ2n) is 10.6. The molecule has 0 aliphatic carbocycles. The summed E-state index contributed by atoms with van der Waals surface area (Å²) in [5.74, 6) is 0.600. The van der Waals surface area contributed by atoms with Gasteiger partial charge < -0.3 is 13.3 Å². The van der Waals surface area contributed by atoms with E-state index in [0.29, 0.717) is 25.7 Å². The Bertz CT molecular complexity index is 417. The smallest absolute Gasteiger partial charge is 0.361 e. The lowest BCUT2D eigenvalue weighted by Gasteiger charge is -2.41. The van der Waals surface area contributed by atoms with Crippen LogP contribution in [0.1, 0.15) is 158 Å². The van der Waals surface area contributed by atoms with Crippen molar-refractivity contribution in [1.82, 2.24) is 4.98 Å². The first-order valence-corrected chi connectivity index (χ1v) is 16.8. The van der Waals surface area contributed by atoms with Gasteiger partial charge in [-0.05, 0) is 53.4 Å². The molecule has 1 N–H and O–H groups in total. The van der Waals surface area contributed by atoms with Crippen LogP contribution in [0.25, 0.3) is 0 Å². The number of hydrogen-bond donors (Lipinski definition) is 1. The Morgan fingerprint density at radius 3 is 1.26 bits per heavy atom. The summed E-state index contributed by atoms with van der Waals surface area (Å²) < 4.78 is 18.3. The molecule has 0 aromatic carbocycles. The van der Waals surface area contributed by atoms with Gasteiger partial charge in [0.1, 0.15) is 0 Å². The van der Waals surface area contributed by atoms with Gasteiger partial charge in [-0.3, -0.25) is 4.98 Å². The van der Waals surface area contributed by atoms with E-state index in [4.69, 9.17) is 13.3 Å². The molecule has 0 spiro atoms. The van der Waals surface area contributed by atoms with E-state index in [9.17, 15) is 0 Å². The van der Waals surface area contributed by atoms with Crippen LogP contribution in [0.2, 0.25) is 0 Å². The third-order valence-corrected chi connectivity index (χ3v) is 10.00. The van der Waals surface area contributed by atoms with Crippen molar-refractivity contribution >= 4 is 8.97 Å². The molecule has 5 heteroatoms. The number of unbranched alkanes of at least 4 members (excludes halogenated alkanes) is 13. The van der Waals surface area contributed by atoms with Crippen LogP contribution in [0.5, 0.6) is 0 Å². The van der Waals surface area contributed by atoms with Crippen molar-refractivity contribution in [1.29, 1.82) is 0 Å². The van der Waals surface area contributed by atoms with E-state index in [1.165, 1.54) is 109 Å². The maximum Gasteiger partial charge on any atom is 0.597 e. The van der Waals surface area contributed by atoms with E-state index >= 15 is 0 Å². The molecule has 0 radical (unpaired) electrons. The first-order valence-electron chi connectivity index (χ1n) is 15.1. The molecule has 0 rings (SSSR count). The largest absolute Gasteiger partial charge is 0.597 e. The molecule has 1 unspecified atom stereocenters. The molecule has 0 aliphatic rings. The van der Waals surface area contributed by atoms with Crippen LogP contribution in [-0.4, -0.2) is 34.3 Å². The summed E-state index contributed by atoms with van der Waals surface area (Å²) in [6, 6.07) is 0. The predicted octanol–water partition coefficient (Wildman–Crippen LogP) is 9.19. The third-order valence-electron chi connectivity index (χ3n) is 7.04. The van der Waals surface area contributed by atoms with Crippen LogP contribution >= 0.6 is 0 Å². The molecule has 0 amide bonds. The Hall–Kier alpha value is 0.0569. The monoisotopic (exact) mass is 501 g/mol. The van der Waals surface area contributed by atoms with Gasteiger partial charge in [-0.25, -0.2) is 0 Å². The minimum absolute atomic E-state index is 0.0711. The molecule has 1 atom stereocenters. The minimum atomic E-state index is -2.86. The van der Waals surface area contributed by atoms with Crippen molar-refractivity contribution in [3.8, 4) is 0 Å². The van der Waals surface area contributed by atoms with E-state index in [2.05, 4.69) is 32.7 Å². The van der Waals surface area contributed by atoms with Gasteiger partial charge in [0.2, 0.25) is 0 Å². The zero-order valence-electron chi connectivity index (χ0n) is 24.4. The fourth-order valence-corrected chi connectivity index (χ4v) is 7.70. The molecule has 0 saturated heterocycles. The van der Waals surface area contributed by atoms with E-state index in [-0.39, 0.29) is 5.54 Å². The lowest BCUT2D eigenvalue weighted by Crippen LogP contribution is -2.67. The van der Waals surface area contributed by atoms with Crippen molar-refractivity contribution in [3.63, 3.8) is 0 Å². The molecule has 0 fully saturated rings. The summed E-state index contributed by atoms with van der Waals surface area (Å²) in [6.45, 7) is 17.1. The average molecular weight is 502 g/mol. The SMILES string of the molecule is CCCCCCCCCCCCCCCCC(CCC)C(C)(C)N[Si](OCC)(OCC)OCC. The van der Waals surface area contributed by atoms with Gasteiger partial charge >= 0.3 is 8.97 Å². The Morgan fingerprint density at radius 2 is 0.912 bits per heavy atom. The van der Waals surface area contributed by atoms with E-state index < -0.39 is 8.97 Å². The fourth-order valence-electron chi connectivity index (χ4n) is 5.10. The van der Waals surface area contributed by atoms with Gasteiger partial charge in [-0.2, -0.15) is 0 Å². The van der Waals surface area contributed by atoms with Crippen LogP contribution < -0.4 is 4.98 Å². The molecule has 0 bridgehead atoms. The van der Waals surface area contributed by atoms with Gasteiger partial charge in [-0.15, -0.1) is 0 Å². The Balaban J connectivity index is 4.24. The summed E-state index contributed by atoms with van der Waals surface area (Å²) in [6.07, 6.45) is 23.5. The van der Waals surface area contributed by atoms with Gasteiger partial charge in [0.15, 0.2) is 0 Å². The number of hydrogen-bond acceptors (Lipinski definition) is 4. The van der Waals surface area contributed by atoms with Gasteiger partial charge in [0.25, 0.3) is 0 Å². The van der Waals surface area contributed by atoms with Crippen molar-refractivity contribution in [2.45, 2.75) is 163 Å². The second kappa shape index (κ2) is 22.3. The molecule has 0 aromatic rings. The summed E-state index contributed by atoms with van der Waals surface area (Å²) in [5, 5.41) is 0. The molecular formula is C29H63NO3Si. The predicted molar refractivity (Wildman–Crippen MR) is 151 cm³/mol. The minimum Gasteiger partial charge on any atom is -0.361 e. The van der Waals surface area contributed by atoms with E-state index in [1.807, 2.05) is 20.8 Å². The van der Waals surface area contributed by atoms with Crippen LogP contribution in [0, 0.1) is 5.92 Å². The zero-order chi connectivity index (χ0) is 25.5. The molecular weight excluding hydrogens is 438 g/mol. The topological polar surface area (TPSA) is 39.7 Å². The van der Waals surface area contributed by atoms with Crippen LogP contribution in [0.3, 0.4) is 0 Å². The molecule has 206 valence electrons. The maximum atomic E-state index is 6.08. The Kier molecular flexibility index (Phi) is 22.3. The van der Waals surface area contributed by atoms with E-state index in [1.54, 1.807) is 0 Å². The number of nitrogens with one attached hydrogen (secondary N) is 1. The molecule has 0 aromatic heterocycles. The lowest BCUT2D eigenvalue weighted by atomic mass is 9.81. The Labute approximate surface area is 216 Å². The number of rotatable bonds is 26. The first-order chi connectivity index (χ1) is 16.4. The van der Waals surface area contributed by atoms with Gasteiger partial charge in [0, 0.05) is 25.4 Å².